The molecule has 7 nitrogen and oxygen atoms in total. The van der Waals surface area contributed by atoms with Gasteiger partial charge < -0.3 is 15.2 Å². The van der Waals surface area contributed by atoms with Crippen molar-refractivity contribution in [3.05, 3.63) is 82.4 Å². The van der Waals surface area contributed by atoms with E-state index < -0.39 is 38.6 Å². The molecule has 0 bridgehead atoms. The van der Waals surface area contributed by atoms with Gasteiger partial charge in [0.25, 0.3) is 0 Å². The third-order valence-corrected chi connectivity index (χ3v) is 15.5. The number of fused-ring (bicyclic) bond motifs is 7. The van der Waals surface area contributed by atoms with Crippen molar-refractivity contribution in [3.8, 4) is 17.6 Å². The highest BCUT2D eigenvalue weighted by molar-refractivity contribution is 6.30. The van der Waals surface area contributed by atoms with E-state index in [0.717, 1.165) is 36.8 Å². The van der Waals surface area contributed by atoms with E-state index in [1.165, 1.54) is 0 Å². The molecule has 0 aliphatic heterocycles. The second kappa shape index (κ2) is 11.9. The number of hydrogen-bond acceptors (Lipinski definition) is 6. The van der Waals surface area contributed by atoms with Gasteiger partial charge in [-0.2, -0.15) is 5.26 Å². The normalized spacial score (nSPS) is 39.0. The molecule has 274 valence electrons. The second-order valence-corrected chi connectivity index (χ2v) is 18.7. The lowest BCUT2D eigenvalue weighted by Gasteiger charge is -2.71. The predicted molar refractivity (Wildman–Crippen MR) is 200 cm³/mol. The van der Waals surface area contributed by atoms with Crippen LogP contribution in [0.1, 0.15) is 99.0 Å². The zero-order valence-electron chi connectivity index (χ0n) is 31.5. The number of carbonyl (C=O) groups is 3. The number of hydrogen-bond donors (Lipinski definition) is 2. The molecule has 8 atom stereocenters. The van der Waals surface area contributed by atoms with Gasteiger partial charge in [-0.1, -0.05) is 84.3 Å². The Morgan fingerprint density at radius 2 is 1.62 bits per heavy atom. The first-order valence-corrected chi connectivity index (χ1v) is 19.1. The number of nitriles is 1. The van der Waals surface area contributed by atoms with Crippen LogP contribution in [-0.4, -0.2) is 28.2 Å². The Hall–Kier alpha value is -3.73. The number of ketones is 2. The molecule has 0 aromatic heterocycles. The van der Waals surface area contributed by atoms with Crippen LogP contribution < -0.4 is 10.1 Å². The molecule has 3 saturated carbocycles. The van der Waals surface area contributed by atoms with Gasteiger partial charge in [-0.05, 0) is 104 Å². The average Bonchev–Trinajstić information content (AvgIpc) is 3.10. The number of para-hydroxylation sites is 1. The van der Waals surface area contributed by atoms with Gasteiger partial charge in [0.2, 0.25) is 5.91 Å². The number of benzene rings is 2. The first-order valence-electron chi connectivity index (χ1n) is 18.8. The molecule has 0 unspecified atom stereocenters. The van der Waals surface area contributed by atoms with Crippen LogP contribution in [0, 0.1) is 55.7 Å². The first kappa shape index (κ1) is 36.6. The molecule has 2 aromatic carbocycles. The highest BCUT2D eigenvalue weighted by Gasteiger charge is 2.75. The van der Waals surface area contributed by atoms with E-state index in [2.05, 4.69) is 39.1 Å². The smallest absolute Gasteiger partial charge is 0.226 e. The van der Waals surface area contributed by atoms with Gasteiger partial charge in [0.05, 0.1) is 5.57 Å². The topological polar surface area (TPSA) is 116 Å². The summed E-state index contributed by atoms with van der Waals surface area (Å²) >= 11 is 6.06. The van der Waals surface area contributed by atoms with Crippen LogP contribution in [0.15, 0.2) is 71.8 Å². The van der Waals surface area contributed by atoms with Gasteiger partial charge in [-0.15, -0.1) is 0 Å². The summed E-state index contributed by atoms with van der Waals surface area (Å²) in [5.74, 6) is 0.210. The van der Waals surface area contributed by atoms with Gasteiger partial charge in [-0.3, -0.25) is 14.4 Å². The largest absolute Gasteiger partial charge is 0.457 e. The molecule has 2 aromatic rings. The SMILES string of the molecule is CC1(C)C(=O)C(C#N)=C[C@]2(C)C3=CC(=O)[C@]4(O)[C@@H]5C[C@@](C)(C(=O)NCc6ccccc6Oc6ccc(Cl)cc6)CC[C@]5(C)CC[C@@]4(C)[C@]3(C)CC[C@@H]12. The fraction of sp³-hybridized carbons (Fsp3) is 0.545. The number of rotatable bonds is 5. The Kier molecular flexibility index (Phi) is 8.37. The summed E-state index contributed by atoms with van der Waals surface area (Å²) in [4.78, 5) is 42.5. The van der Waals surface area contributed by atoms with Crippen molar-refractivity contribution < 1.29 is 24.2 Å². The standard InChI is InChI=1S/C44H51ClN2O5/c1-38(2)32-16-17-42(6)33(41(32,5)23-28(25-46)36(38)49)22-35(48)44(51)34-24-40(4,19-18-39(34,3)20-21-43(42,44)7)37(50)47-26-27-10-8-9-11-31(27)52-30-14-12-29(45)13-15-30/h8-15,22-23,32,34,51H,16-21,24,26H2,1-7H3,(H,47,50)/t32-,34+,39+,40-,41-,42+,43-,44+/m0/s1. The number of nitrogens with one attached hydrogen (secondary N) is 1. The van der Waals surface area contributed by atoms with Crippen molar-refractivity contribution in [3.63, 3.8) is 0 Å². The van der Waals surface area contributed by atoms with Gasteiger partial charge in [0, 0.05) is 44.7 Å². The molecule has 0 spiro atoms. The molecule has 2 N–H and O–H groups in total. The van der Waals surface area contributed by atoms with E-state index in [9.17, 15) is 24.8 Å². The van der Waals surface area contributed by atoms with Crippen molar-refractivity contribution in [2.24, 2.45) is 44.3 Å². The Morgan fingerprint density at radius 1 is 0.942 bits per heavy atom. The molecule has 52 heavy (non-hydrogen) atoms. The minimum atomic E-state index is -1.69. The summed E-state index contributed by atoms with van der Waals surface area (Å²) in [5, 5.41) is 27.1. The van der Waals surface area contributed by atoms with Crippen LogP contribution in [0.3, 0.4) is 0 Å². The molecule has 0 radical (unpaired) electrons. The maximum atomic E-state index is 14.8. The molecule has 1 amide bonds. The quantitative estimate of drug-likeness (QED) is 0.318. The van der Waals surface area contributed by atoms with Crippen molar-refractivity contribution in [1.29, 1.82) is 5.26 Å². The molecular formula is C44H51ClN2O5. The van der Waals surface area contributed by atoms with Crippen LogP contribution in [-0.2, 0) is 20.9 Å². The number of allylic oxidation sites excluding steroid dienone is 3. The Labute approximate surface area is 312 Å². The molecule has 0 saturated heterocycles. The molecule has 5 aliphatic carbocycles. The molecular weight excluding hydrogens is 672 g/mol. The van der Waals surface area contributed by atoms with Crippen molar-refractivity contribution >= 4 is 29.1 Å². The number of Topliss-reactive ketones (excluding diaryl/α,β-unsaturated/α-hetero) is 1. The van der Waals surface area contributed by atoms with Crippen LogP contribution in [0.5, 0.6) is 11.5 Å². The van der Waals surface area contributed by atoms with Crippen molar-refractivity contribution in [2.45, 2.75) is 106 Å². The lowest BCUT2D eigenvalue weighted by Crippen LogP contribution is -2.74. The molecule has 3 fully saturated rings. The van der Waals surface area contributed by atoms with Crippen LogP contribution >= 0.6 is 11.6 Å². The number of halogens is 1. The number of ether oxygens (including phenoxy) is 1. The van der Waals surface area contributed by atoms with Crippen LogP contribution in [0.4, 0.5) is 0 Å². The minimum absolute atomic E-state index is 0.0798. The van der Waals surface area contributed by atoms with Crippen molar-refractivity contribution in [2.75, 3.05) is 0 Å². The maximum absolute atomic E-state index is 14.8. The van der Waals surface area contributed by atoms with Crippen molar-refractivity contribution in [1.82, 2.24) is 5.32 Å². The van der Waals surface area contributed by atoms with Crippen LogP contribution in [0.25, 0.3) is 0 Å². The zero-order chi connectivity index (χ0) is 37.7. The predicted octanol–water partition coefficient (Wildman–Crippen LogP) is 9.08. The lowest BCUT2D eigenvalue weighted by molar-refractivity contribution is -0.242. The van der Waals surface area contributed by atoms with E-state index in [4.69, 9.17) is 16.3 Å². The zero-order valence-corrected chi connectivity index (χ0v) is 32.2. The fourth-order valence-corrected chi connectivity index (χ4v) is 11.9. The Morgan fingerprint density at radius 3 is 2.31 bits per heavy atom. The summed E-state index contributed by atoms with van der Waals surface area (Å²) in [7, 11) is 0. The van der Waals surface area contributed by atoms with Gasteiger partial charge in [-0.25, -0.2) is 0 Å². The highest BCUT2D eigenvalue weighted by Crippen LogP contribution is 2.75. The summed E-state index contributed by atoms with van der Waals surface area (Å²) < 4.78 is 6.15. The average molecular weight is 723 g/mol. The second-order valence-electron chi connectivity index (χ2n) is 18.3. The summed E-state index contributed by atoms with van der Waals surface area (Å²) in [5.41, 5.74) is -3.75. The van der Waals surface area contributed by atoms with E-state index in [1.807, 2.05) is 51.1 Å². The van der Waals surface area contributed by atoms with E-state index >= 15 is 0 Å². The third kappa shape index (κ3) is 4.96. The molecule has 5 aliphatic rings. The highest BCUT2D eigenvalue weighted by atomic mass is 35.5. The Balaban J connectivity index is 1.20. The first-order chi connectivity index (χ1) is 24.3. The van der Waals surface area contributed by atoms with Gasteiger partial charge >= 0.3 is 0 Å². The van der Waals surface area contributed by atoms with Gasteiger partial charge in [0.1, 0.15) is 23.2 Å². The molecule has 0 heterocycles. The van der Waals surface area contributed by atoms with Gasteiger partial charge in [0.15, 0.2) is 11.6 Å². The fourth-order valence-electron chi connectivity index (χ4n) is 11.7. The number of aliphatic hydroxyl groups is 1. The van der Waals surface area contributed by atoms with E-state index in [1.54, 1.807) is 30.3 Å². The minimum Gasteiger partial charge on any atom is -0.457 e. The van der Waals surface area contributed by atoms with E-state index in [0.29, 0.717) is 35.8 Å². The summed E-state index contributed by atoms with van der Waals surface area (Å²) in [6, 6.07) is 16.9. The third-order valence-electron chi connectivity index (χ3n) is 15.3. The number of amides is 1. The monoisotopic (exact) mass is 722 g/mol. The Bertz CT molecular complexity index is 1980. The van der Waals surface area contributed by atoms with E-state index in [-0.39, 0.29) is 40.9 Å². The summed E-state index contributed by atoms with van der Waals surface area (Å²) in [6.07, 6.45) is 8.24. The number of carbonyl (C=O) groups excluding carboxylic acids is 3. The number of nitrogens with zero attached hydrogens (tertiary/aromatic N) is 1. The maximum Gasteiger partial charge on any atom is 0.226 e. The molecule has 7 rings (SSSR count). The summed E-state index contributed by atoms with van der Waals surface area (Å²) in [6.45, 7) is 14.7. The van der Waals surface area contributed by atoms with Crippen LogP contribution in [0.2, 0.25) is 5.02 Å². The lowest BCUT2D eigenvalue weighted by atomic mass is 9.33. The molecule has 8 heteroatoms.